The summed E-state index contributed by atoms with van der Waals surface area (Å²) >= 11 is 8.34. The normalized spacial score (nSPS) is 12.5. The van der Waals surface area contributed by atoms with E-state index in [0.717, 1.165) is 13.1 Å². The summed E-state index contributed by atoms with van der Waals surface area (Å²) in [5.74, 6) is 0.631. The molecular formula is C11H9Br2NO2S. The third-order valence-electron chi connectivity index (χ3n) is 2.26. The molecule has 0 aliphatic heterocycles. The summed E-state index contributed by atoms with van der Waals surface area (Å²) < 4.78 is 6.95. The van der Waals surface area contributed by atoms with Crippen molar-refractivity contribution < 1.29 is 9.84 Å². The summed E-state index contributed by atoms with van der Waals surface area (Å²) in [7, 11) is 1.57. The molecule has 2 heterocycles. The van der Waals surface area contributed by atoms with E-state index in [9.17, 15) is 5.11 Å². The largest absolute Gasteiger partial charge is 0.495 e. The first-order valence-corrected chi connectivity index (χ1v) is 7.14. The van der Waals surface area contributed by atoms with Crippen LogP contribution in [0.2, 0.25) is 0 Å². The molecule has 2 aromatic rings. The first-order valence-electron chi connectivity index (χ1n) is 4.73. The number of aliphatic hydroxyl groups excluding tert-OH is 1. The van der Waals surface area contributed by atoms with E-state index in [-0.39, 0.29) is 0 Å². The van der Waals surface area contributed by atoms with Crippen LogP contribution in [0.5, 0.6) is 5.75 Å². The number of ether oxygens (including phenoxy) is 1. The Bertz CT molecular complexity index is 530. The molecule has 0 saturated carbocycles. The number of halogens is 2. The Morgan fingerprint density at radius 2 is 2.12 bits per heavy atom. The van der Waals surface area contributed by atoms with Gasteiger partial charge in [-0.1, -0.05) is 0 Å². The first-order chi connectivity index (χ1) is 8.11. The van der Waals surface area contributed by atoms with Gasteiger partial charge in [0.1, 0.15) is 11.9 Å². The third kappa shape index (κ3) is 2.88. The Kier molecular flexibility index (Phi) is 4.19. The van der Waals surface area contributed by atoms with Crippen LogP contribution in [-0.4, -0.2) is 17.2 Å². The van der Waals surface area contributed by atoms with Gasteiger partial charge in [0.2, 0.25) is 0 Å². The van der Waals surface area contributed by atoms with Gasteiger partial charge in [0.05, 0.1) is 20.9 Å². The SMILES string of the molecule is COc1cncc(C(O)c2cc(Br)sc2Br)c1. The van der Waals surface area contributed by atoms with Gasteiger partial charge >= 0.3 is 0 Å². The molecule has 0 spiro atoms. The molecule has 1 N–H and O–H groups in total. The molecule has 3 nitrogen and oxygen atoms in total. The summed E-state index contributed by atoms with van der Waals surface area (Å²) in [4.78, 5) is 4.03. The Labute approximate surface area is 120 Å². The minimum absolute atomic E-state index is 0.631. The van der Waals surface area contributed by atoms with E-state index in [0.29, 0.717) is 11.3 Å². The molecule has 1 atom stereocenters. The molecule has 0 aliphatic carbocycles. The topological polar surface area (TPSA) is 42.4 Å². The molecule has 0 fully saturated rings. The van der Waals surface area contributed by atoms with Crippen molar-refractivity contribution in [2.75, 3.05) is 7.11 Å². The van der Waals surface area contributed by atoms with E-state index in [1.54, 1.807) is 25.6 Å². The van der Waals surface area contributed by atoms with Crippen LogP contribution >= 0.6 is 43.2 Å². The number of aromatic nitrogens is 1. The second-order valence-electron chi connectivity index (χ2n) is 3.34. The summed E-state index contributed by atoms with van der Waals surface area (Å²) in [5, 5.41) is 10.3. The first kappa shape index (κ1) is 13.0. The molecule has 1 unspecified atom stereocenters. The molecular weight excluding hydrogens is 370 g/mol. The fourth-order valence-electron chi connectivity index (χ4n) is 1.42. The van der Waals surface area contributed by atoms with Gasteiger partial charge in [0, 0.05) is 17.3 Å². The van der Waals surface area contributed by atoms with E-state index >= 15 is 0 Å². The molecule has 17 heavy (non-hydrogen) atoms. The lowest BCUT2D eigenvalue weighted by Gasteiger charge is -2.10. The number of pyridine rings is 1. The van der Waals surface area contributed by atoms with E-state index in [2.05, 4.69) is 36.8 Å². The molecule has 2 aromatic heterocycles. The second-order valence-corrected chi connectivity index (χ2v) is 7.09. The second kappa shape index (κ2) is 5.48. The van der Waals surface area contributed by atoms with E-state index in [1.807, 2.05) is 6.07 Å². The summed E-state index contributed by atoms with van der Waals surface area (Å²) in [6.45, 7) is 0. The third-order valence-corrected chi connectivity index (χ3v) is 4.65. The van der Waals surface area contributed by atoms with Gasteiger partial charge in [-0.2, -0.15) is 0 Å². The fraction of sp³-hybridized carbons (Fsp3) is 0.182. The van der Waals surface area contributed by atoms with Gasteiger partial charge in [-0.05, 0) is 44.0 Å². The highest BCUT2D eigenvalue weighted by Gasteiger charge is 2.17. The average Bonchev–Trinajstić information content (AvgIpc) is 2.67. The number of rotatable bonds is 3. The summed E-state index contributed by atoms with van der Waals surface area (Å²) in [5.41, 5.74) is 1.52. The maximum absolute atomic E-state index is 10.3. The highest BCUT2D eigenvalue weighted by atomic mass is 79.9. The van der Waals surface area contributed by atoms with Crippen LogP contribution in [-0.2, 0) is 0 Å². The smallest absolute Gasteiger partial charge is 0.137 e. The molecule has 0 aromatic carbocycles. The van der Waals surface area contributed by atoms with Gasteiger partial charge in [-0.3, -0.25) is 4.98 Å². The highest BCUT2D eigenvalue weighted by molar-refractivity contribution is 9.12. The van der Waals surface area contributed by atoms with Gasteiger partial charge in [0.25, 0.3) is 0 Å². The molecule has 6 heteroatoms. The van der Waals surface area contributed by atoms with Crippen molar-refractivity contribution in [2.45, 2.75) is 6.10 Å². The minimum Gasteiger partial charge on any atom is -0.495 e. The molecule has 0 saturated heterocycles. The number of methoxy groups -OCH3 is 1. The van der Waals surface area contributed by atoms with Crippen molar-refractivity contribution in [3.05, 3.63) is 43.2 Å². The van der Waals surface area contributed by atoms with E-state index < -0.39 is 6.10 Å². The van der Waals surface area contributed by atoms with Crippen molar-refractivity contribution in [1.82, 2.24) is 4.98 Å². The van der Waals surface area contributed by atoms with Crippen molar-refractivity contribution in [3.63, 3.8) is 0 Å². The molecule has 2 rings (SSSR count). The predicted octanol–water partition coefficient (Wildman–Crippen LogP) is 3.76. The molecule has 0 amide bonds. The molecule has 0 bridgehead atoms. The maximum atomic E-state index is 10.3. The lowest BCUT2D eigenvalue weighted by molar-refractivity contribution is 0.219. The zero-order valence-corrected chi connectivity index (χ0v) is 12.8. The summed E-state index contributed by atoms with van der Waals surface area (Å²) in [6.07, 6.45) is 2.52. The van der Waals surface area contributed by atoms with Gasteiger partial charge in [-0.25, -0.2) is 0 Å². The highest BCUT2D eigenvalue weighted by Crippen LogP contribution is 2.38. The maximum Gasteiger partial charge on any atom is 0.137 e. The van der Waals surface area contributed by atoms with Crippen molar-refractivity contribution in [1.29, 1.82) is 0 Å². The van der Waals surface area contributed by atoms with Crippen LogP contribution in [0.4, 0.5) is 0 Å². The quantitative estimate of drug-likeness (QED) is 0.884. The molecule has 0 radical (unpaired) electrons. The monoisotopic (exact) mass is 377 g/mol. The summed E-state index contributed by atoms with van der Waals surface area (Å²) in [6, 6.07) is 3.66. The molecule has 90 valence electrons. The van der Waals surface area contributed by atoms with E-state index in [1.165, 1.54) is 11.3 Å². The van der Waals surface area contributed by atoms with Gasteiger partial charge < -0.3 is 9.84 Å². The van der Waals surface area contributed by atoms with Crippen LogP contribution in [0.15, 0.2) is 32.1 Å². The van der Waals surface area contributed by atoms with Crippen LogP contribution in [0.25, 0.3) is 0 Å². The van der Waals surface area contributed by atoms with Gasteiger partial charge in [-0.15, -0.1) is 11.3 Å². The lowest BCUT2D eigenvalue weighted by Crippen LogP contribution is -2.00. The minimum atomic E-state index is -0.713. The number of thiophene rings is 1. The standard InChI is InChI=1S/C11H9Br2NO2S/c1-16-7-2-6(4-14-5-7)10(15)8-3-9(12)17-11(8)13/h2-5,10,15H,1H3. The van der Waals surface area contributed by atoms with Crippen molar-refractivity contribution in [2.24, 2.45) is 0 Å². The zero-order valence-electron chi connectivity index (χ0n) is 8.85. The average molecular weight is 379 g/mol. The Morgan fingerprint density at radius 3 is 2.71 bits per heavy atom. The van der Waals surface area contributed by atoms with Crippen LogP contribution in [0, 0.1) is 0 Å². The number of hydrogen-bond acceptors (Lipinski definition) is 4. The lowest BCUT2D eigenvalue weighted by atomic mass is 10.1. The Balaban J connectivity index is 2.36. The zero-order chi connectivity index (χ0) is 12.4. The van der Waals surface area contributed by atoms with Crippen LogP contribution < -0.4 is 4.74 Å². The predicted molar refractivity (Wildman–Crippen MR) is 74.6 cm³/mol. The van der Waals surface area contributed by atoms with E-state index in [4.69, 9.17) is 4.74 Å². The molecule has 0 aliphatic rings. The Morgan fingerprint density at radius 1 is 1.35 bits per heavy atom. The number of hydrogen-bond donors (Lipinski definition) is 1. The number of nitrogens with zero attached hydrogens (tertiary/aromatic N) is 1. The number of aliphatic hydroxyl groups is 1. The van der Waals surface area contributed by atoms with Crippen molar-refractivity contribution >= 4 is 43.2 Å². The van der Waals surface area contributed by atoms with Crippen LogP contribution in [0.3, 0.4) is 0 Å². The van der Waals surface area contributed by atoms with Crippen LogP contribution in [0.1, 0.15) is 17.2 Å². The fourth-order valence-corrected chi connectivity index (χ4v) is 4.30. The Hall–Kier alpha value is -0.430. The van der Waals surface area contributed by atoms with Gasteiger partial charge in [0.15, 0.2) is 0 Å². The van der Waals surface area contributed by atoms with Crippen molar-refractivity contribution in [3.8, 4) is 5.75 Å².